The highest BCUT2D eigenvalue weighted by molar-refractivity contribution is 6.20. The third kappa shape index (κ3) is 4.85. The second-order valence-electron chi connectivity index (χ2n) is 16.4. The predicted molar refractivity (Wildman–Crippen MR) is 253 cm³/mol. The Bertz CT molecular complexity index is 3520. The van der Waals surface area contributed by atoms with Crippen molar-refractivity contribution < 1.29 is 0 Å². The van der Waals surface area contributed by atoms with Gasteiger partial charge in [0.1, 0.15) is 0 Å². The van der Waals surface area contributed by atoms with E-state index in [1.807, 2.05) is 0 Å². The molecule has 0 atom stereocenters. The van der Waals surface area contributed by atoms with Gasteiger partial charge < -0.3 is 0 Å². The predicted octanol–water partition coefficient (Wildman–Crippen LogP) is 14.9. The fraction of sp³-hybridized carbons (Fsp3) is 0.0169. The van der Waals surface area contributed by atoms with Gasteiger partial charge in [0.2, 0.25) is 0 Å². The van der Waals surface area contributed by atoms with Crippen LogP contribution in [0.2, 0.25) is 0 Å². The zero-order valence-corrected chi connectivity index (χ0v) is 33.2. The molecular formula is C59H36N2. The molecule has 0 N–H and O–H groups in total. The molecule has 2 nitrogen and oxygen atoms in total. The summed E-state index contributed by atoms with van der Waals surface area (Å²) in [7, 11) is 0. The molecule has 1 heterocycles. The van der Waals surface area contributed by atoms with Crippen LogP contribution >= 0.6 is 0 Å². The lowest BCUT2D eigenvalue weighted by Crippen LogP contribution is -2.26. The molecule has 282 valence electrons. The van der Waals surface area contributed by atoms with E-state index in [-0.39, 0.29) is 0 Å². The summed E-state index contributed by atoms with van der Waals surface area (Å²) in [5, 5.41) is 7.20. The molecule has 0 aliphatic heterocycles. The highest BCUT2D eigenvalue weighted by Crippen LogP contribution is 2.64. The first-order valence-corrected chi connectivity index (χ1v) is 21.1. The van der Waals surface area contributed by atoms with E-state index < -0.39 is 5.41 Å². The van der Waals surface area contributed by atoms with Crippen molar-refractivity contribution in [3.63, 3.8) is 0 Å². The van der Waals surface area contributed by atoms with Gasteiger partial charge in [0, 0.05) is 16.7 Å². The van der Waals surface area contributed by atoms with E-state index >= 15 is 0 Å². The average molecular weight is 773 g/mol. The van der Waals surface area contributed by atoms with Crippen molar-refractivity contribution in [3.05, 3.63) is 241 Å². The molecule has 2 heteroatoms. The van der Waals surface area contributed by atoms with Crippen molar-refractivity contribution in [3.8, 4) is 67.3 Å². The normalized spacial score (nSPS) is 13.0. The maximum Gasteiger partial charge on any atom is 0.160 e. The number of rotatable bonds is 4. The van der Waals surface area contributed by atoms with E-state index in [9.17, 15) is 0 Å². The van der Waals surface area contributed by atoms with Crippen LogP contribution in [0.3, 0.4) is 0 Å². The Labute approximate surface area is 354 Å². The number of aromatic nitrogens is 2. The lowest BCUT2D eigenvalue weighted by Gasteiger charge is -2.32. The Hall–Kier alpha value is -7.94. The molecule has 13 rings (SSSR count). The van der Waals surface area contributed by atoms with Crippen molar-refractivity contribution in [2.24, 2.45) is 0 Å². The van der Waals surface area contributed by atoms with Crippen LogP contribution in [0.5, 0.6) is 0 Å². The Morgan fingerprint density at radius 1 is 0.295 bits per heavy atom. The van der Waals surface area contributed by atoms with Crippen LogP contribution in [0.1, 0.15) is 22.3 Å². The van der Waals surface area contributed by atoms with E-state index in [2.05, 4.69) is 218 Å². The van der Waals surface area contributed by atoms with Crippen molar-refractivity contribution >= 4 is 32.3 Å². The summed E-state index contributed by atoms with van der Waals surface area (Å²) in [4.78, 5) is 11.2. The molecule has 10 aromatic carbocycles. The standard InChI is InChI=1S/C59H36N2/c1-2-15-37(16-3-1)38-29-31-40(32-30-38)58-60-54(36-55(61-58)56-43-20-7-5-18-41(43)35-50-42-19-6-4-17-39(42)33-34-47(50)56)49-25-14-24-48-46-23-10-13-28-53(46)59(57(48)49)51-26-11-8-21-44(51)45-22-9-12-27-52(45)59/h1-36H. The largest absolute Gasteiger partial charge is 0.228 e. The highest BCUT2D eigenvalue weighted by Gasteiger charge is 2.52. The van der Waals surface area contributed by atoms with Crippen LogP contribution in [0.4, 0.5) is 0 Å². The van der Waals surface area contributed by atoms with E-state index in [4.69, 9.17) is 9.97 Å². The molecule has 0 amide bonds. The Balaban J connectivity index is 1.13. The topological polar surface area (TPSA) is 25.8 Å². The molecule has 61 heavy (non-hydrogen) atoms. The van der Waals surface area contributed by atoms with Gasteiger partial charge in [-0.1, -0.05) is 206 Å². The van der Waals surface area contributed by atoms with E-state index in [1.165, 1.54) is 82.4 Å². The summed E-state index contributed by atoms with van der Waals surface area (Å²) in [6, 6.07) is 79.7. The number of hydrogen-bond acceptors (Lipinski definition) is 2. The van der Waals surface area contributed by atoms with Crippen LogP contribution in [0, 0.1) is 0 Å². The molecule has 0 fully saturated rings. The van der Waals surface area contributed by atoms with Gasteiger partial charge in [-0.15, -0.1) is 0 Å². The molecule has 0 radical (unpaired) electrons. The summed E-state index contributed by atoms with van der Waals surface area (Å²) in [5.41, 5.74) is 17.1. The SMILES string of the molecule is c1ccc(-c2ccc(-c3nc(-c4cccc5c4C4(c6ccccc6-c6ccccc64)c4ccccc4-5)cc(-c4c5ccccc5cc5c4ccc4ccccc45)n3)cc2)cc1. The fourth-order valence-corrected chi connectivity index (χ4v) is 10.7. The van der Waals surface area contributed by atoms with Crippen LogP contribution in [0.15, 0.2) is 218 Å². The maximum absolute atomic E-state index is 5.61. The van der Waals surface area contributed by atoms with Gasteiger partial charge in [0.25, 0.3) is 0 Å². The Kier molecular flexibility index (Phi) is 7.26. The lowest BCUT2D eigenvalue weighted by atomic mass is 9.69. The van der Waals surface area contributed by atoms with Gasteiger partial charge in [-0.3, -0.25) is 0 Å². The molecule has 2 aliphatic rings. The summed E-state index contributed by atoms with van der Waals surface area (Å²) < 4.78 is 0. The van der Waals surface area contributed by atoms with E-state index in [0.29, 0.717) is 5.82 Å². The zero-order valence-electron chi connectivity index (χ0n) is 33.2. The molecule has 0 saturated carbocycles. The Morgan fingerprint density at radius 3 is 1.54 bits per heavy atom. The first-order valence-electron chi connectivity index (χ1n) is 21.1. The van der Waals surface area contributed by atoms with Gasteiger partial charge >= 0.3 is 0 Å². The second kappa shape index (κ2) is 13.0. The van der Waals surface area contributed by atoms with Gasteiger partial charge in [0.15, 0.2) is 5.82 Å². The number of hydrogen-bond donors (Lipinski definition) is 0. The highest BCUT2D eigenvalue weighted by atomic mass is 14.9. The first kappa shape index (κ1) is 34.0. The monoisotopic (exact) mass is 772 g/mol. The molecule has 0 bridgehead atoms. The minimum Gasteiger partial charge on any atom is -0.228 e. The van der Waals surface area contributed by atoms with E-state index in [1.54, 1.807) is 0 Å². The average Bonchev–Trinajstić information content (AvgIpc) is 3.81. The fourth-order valence-electron chi connectivity index (χ4n) is 10.7. The number of fused-ring (bicyclic) bond motifs is 14. The third-order valence-electron chi connectivity index (χ3n) is 13.3. The molecule has 0 saturated heterocycles. The van der Waals surface area contributed by atoms with Gasteiger partial charge in [-0.05, 0) is 100 Å². The van der Waals surface area contributed by atoms with Crippen LogP contribution < -0.4 is 0 Å². The van der Waals surface area contributed by atoms with Crippen molar-refractivity contribution in [2.75, 3.05) is 0 Å². The van der Waals surface area contributed by atoms with Crippen molar-refractivity contribution in [2.45, 2.75) is 5.41 Å². The molecule has 1 spiro atoms. The molecule has 11 aromatic rings. The van der Waals surface area contributed by atoms with Gasteiger partial charge in [-0.25, -0.2) is 9.97 Å². The number of benzene rings is 10. The molecule has 0 unspecified atom stereocenters. The Morgan fingerprint density at radius 2 is 0.820 bits per heavy atom. The van der Waals surface area contributed by atoms with Crippen molar-refractivity contribution in [1.29, 1.82) is 0 Å². The number of nitrogens with zero attached hydrogens (tertiary/aromatic N) is 2. The summed E-state index contributed by atoms with van der Waals surface area (Å²) in [5.74, 6) is 0.698. The molecule has 1 aromatic heterocycles. The van der Waals surface area contributed by atoms with Crippen LogP contribution in [-0.4, -0.2) is 9.97 Å². The summed E-state index contributed by atoms with van der Waals surface area (Å²) in [6.07, 6.45) is 0. The molecule has 2 aliphatic carbocycles. The third-order valence-corrected chi connectivity index (χ3v) is 13.3. The molecular weight excluding hydrogens is 737 g/mol. The van der Waals surface area contributed by atoms with E-state index in [0.717, 1.165) is 33.6 Å². The quantitative estimate of drug-likeness (QED) is 0.132. The summed E-state index contributed by atoms with van der Waals surface area (Å²) >= 11 is 0. The minimum absolute atomic E-state index is 0.524. The lowest BCUT2D eigenvalue weighted by molar-refractivity contribution is 0.795. The van der Waals surface area contributed by atoms with Gasteiger partial charge in [-0.2, -0.15) is 0 Å². The van der Waals surface area contributed by atoms with Gasteiger partial charge in [0.05, 0.1) is 16.8 Å². The zero-order chi connectivity index (χ0) is 40.1. The first-order chi connectivity index (χ1) is 30.3. The minimum atomic E-state index is -0.524. The second-order valence-corrected chi connectivity index (χ2v) is 16.4. The van der Waals surface area contributed by atoms with Crippen LogP contribution in [-0.2, 0) is 5.41 Å². The van der Waals surface area contributed by atoms with Crippen LogP contribution in [0.25, 0.3) is 99.6 Å². The maximum atomic E-state index is 5.61. The summed E-state index contributed by atoms with van der Waals surface area (Å²) in [6.45, 7) is 0. The van der Waals surface area contributed by atoms with Crippen molar-refractivity contribution in [1.82, 2.24) is 9.97 Å². The smallest absolute Gasteiger partial charge is 0.160 e.